The fourth-order valence-corrected chi connectivity index (χ4v) is 3.29. The third-order valence-corrected chi connectivity index (χ3v) is 4.39. The Morgan fingerprint density at radius 3 is 2.28 bits per heavy atom. The van der Waals surface area contributed by atoms with Gasteiger partial charge in [-0.3, -0.25) is 4.79 Å². The molecular weight excluding hydrogens is 260 g/mol. The number of rotatable bonds is 6. The summed E-state index contributed by atoms with van der Waals surface area (Å²) in [5.74, 6) is -1.29. The summed E-state index contributed by atoms with van der Waals surface area (Å²) in [5, 5.41) is 0.830. The predicted octanol–water partition coefficient (Wildman–Crippen LogP) is 0.431. The molecule has 1 saturated carbocycles. The Bertz CT molecular complexity index is 458. The third-order valence-electron chi connectivity index (χ3n) is 2.82. The molecule has 1 fully saturated rings. The SMILES string of the molecule is COC(=O)/C=C/S(=O)(=O)CC1(CC(=O)OC)CC1. The van der Waals surface area contributed by atoms with Gasteiger partial charge in [0.05, 0.1) is 26.4 Å². The molecule has 1 aliphatic rings. The molecule has 1 rings (SSSR count). The van der Waals surface area contributed by atoms with Gasteiger partial charge in [-0.05, 0) is 18.3 Å². The van der Waals surface area contributed by atoms with E-state index in [0.29, 0.717) is 12.8 Å². The van der Waals surface area contributed by atoms with E-state index in [1.54, 1.807) is 0 Å². The first kappa shape index (κ1) is 14.7. The maximum absolute atomic E-state index is 11.7. The molecule has 0 atom stereocenters. The fraction of sp³-hybridized carbons (Fsp3) is 0.636. The van der Waals surface area contributed by atoms with Crippen molar-refractivity contribution in [2.24, 2.45) is 5.41 Å². The van der Waals surface area contributed by atoms with Crippen molar-refractivity contribution in [1.29, 1.82) is 0 Å². The standard InChI is InChI=1S/C11H16O6S/c1-16-9(12)3-6-18(14,15)8-11(4-5-11)7-10(13)17-2/h3,6H,4-5,7-8H2,1-2H3/b6-3+. The van der Waals surface area contributed by atoms with Gasteiger partial charge in [0, 0.05) is 11.5 Å². The second kappa shape index (κ2) is 5.51. The molecule has 0 N–H and O–H groups in total. The zero-order valence-electron chi connectivity index (χ0n) is 10.3. The zero-order valence-corrected chi connectivity index (χ0v) is 11.2. The fourth-order valence-electron chi connectivity index (χ4n) is 1.63. The van der Waals surface area contributed by atoms with Crippen molar-refractivity contribution in [3.8, 4) is 0 Å². The maximum atomic E-state index is 11.7. The number of hydrogen-bond donors (Lipinski definition) is 0. The number of ether oxygens (including phenoxy) is 2. The first-order valence-corrected chi connectivity index (χ1v) is 7.10. The van der Waals surface area contributed by atoms with Crippen molar-refractivity contribution in [3.63, 3.8) is 0 Å². The van der Waals surface area contributed by atoms with Gasteiger partial charge in [-0.15, -0.1) is 0 Å². The van der Waals surface area contributed by atoms with Crippen LogP contribution in [-0.4, -0.2) is 40.3 Å². The highest BCUT2D eigenvalue weighted by Crippen LogP contribution is 2.50. The van der Waals surface area contributed by atoms with Gasteiger partial charge in [0.2, 0.25) is 0 Å². The van der Waals surface area contributed by atoms with E-state index in [9.17, 15) is 18.0 Å². The first-order chi connectivity index (χ1) is 8.32. The second-order valence-corrected chi connectivity index (χ2v) is 6.27. The Kier molecular flexibility index (Phi) is 4.50. The van der Waals surface area contributed by atoms with Crippen molar-refractivity contribution >= 4 is 21.8 Å². The molecule has 7 heteroatoms. The van der Waals surface area contributed by atoms with E-state index in [2.05, 4.69) is 9.47 Å². The van der Waals surface area contributed by atoms with E-state index in [0.717, 1.165) is 11.5 Å². The Morgan fingerprint density at radius 1 is 1.22 bits per heavy atom. The van der Waals surface area contributed by atoms with Gasteiger partial charge in [-0.2, -0.15) is 0 Å². The van der Waals surface area contributed by atoms with Gasteiger partial charge in [-0.1, -0.05) is 0 Å². The van der Waals surface area contributed by atoms with Gasteiger partial charge in [-0.25, -0.2) is 13.2 Å². The number of carbonyl (C=O) groups is 2. The van der Waals surface area contributed by atoms with E-state index in [-0.39, 0.29) is 12.2 Å². The van der Waals surface area contributed by atoms with Crippen LogP contribution in [0, 0.1) is 5.41 Å². The minimum absolute atomic E-state index is 0.0921. The number of hydrogen-bond acceptors (Lipinski definition) is 6. The lowest BCUT2D eigenvalue weighted by molar-refractivity contribution is -0.141. The highest BCUT2D eigenvalue weighted by molar-refractivity contribution is 7.94. The van der Waals surface area contributed by atoms with Crippen molar-refractivity contribution < 1.29 is 27.5 Å². The number of esters is 2. The maximum Gasteiger partial charge on any atom is 0.331 e. The molecule has 0 aromatic heterocycles. The minimum atomic E-state index is -3.52. The molecular formula is C11H16O6S. The molecule has 1 aliphatic carbocycles. The van der Waals surface area contributed by atoms with Crippen LogP contribution in [0.4, 0.5) is 0 Å². The minimum Gasteiger partial charge on any atom is -0.469 e. The van der Waals surface area contributed by atoms with Gasteiger partial charge in [0.25, 0.3) is 0 Å². The molecule has 0 bridgehead atoms. The van der Waals surface area contributed by atoms with Crippen LogP contribution in [0.3, 0.4) is 0 Å². The topological polar surface area (TPSA) is 86.7 Å². The molecule has 0 aliphatic heterocycles. The van der Waals surface area contributed by atoms with Gasteiger partial charge < -0.3 is 9.47 Å². The number of carbonyl (C=O) groups excluding carboxylic acids is 2. The summed E-state index contributed by atoms with van der Waals surface area (Å²) in [4.78, 5) is 22.0. The summed E-state index contributed by atoms with van der Waals surface area (Å²) < 4.78 is 32.3. The normalized spacial score (nSPS) is 17.4. The molecule has 102 valence electrons. The molecule has 0 unspecified atom stereocenters. The van der Waals surface area contributed by atoms with Crippen molar-refractivity contribution in [1.82, 2.24) is 0 Å². The summed E-state index contributed by atoms with van der Waals surface area (Å²) in [7, 11) is -1.09. The summed E-state index contributed by atoms with van der Waals surface area (Å²) in [6.45, 7) is 0. The van der Waals surface area contributed by atoms with Crippen LogP contribution in [0.5, 0.6) is 0 Å². The van der Waals surface area contributed by atoms with E-state index in [1.165, 1.54) is 14.2 Å². The largest absolute Gasteiger partial charge is 0.469 e. The average Bonchev–Trinajstić information content (AvgIpc) is 3.04. The predicted molar refractivity (Wildman–Crippen MR) is 63.2 cm³/mol. The quantitative estimate of drug-likeness (QED) is 0.516. The van der Waals surface area contributed by atoms with Crippen LogP contribution in [-0.2, 0) is 28.9 Å². The lowest BCUT2D eigenvalue weighted by Gasteiger charge is -2.11. The van der Waals surface area contributed by atoms with Gasteiger partial charge in [0.1, 0.15) is 0 Å². The molecule has 6 nitrogen and oxygen atoms in total. The molecule has 0 saturated heterocycles. The Morgan fingerprint density at radius 2 is 1.83 bits per heavy atom. The summed E-state index contributed by atoms with van der Waals surface area (Å²) in [5.41, 5.74) is -0.521. The lowest BCUT2D eigenvalue weighted by Crippen LogP contribution is -2.20. The van der Waals surface area contributed by atoms with Gasteiger partial charge >= 0.3 is 11.9 Å². The number of methoxy groups -OCH3 is 2. The lowest BCUT2D eigenvalue weighted by atomic mass is 10.1. The van der Waals surface area contributed by atoms with Crippen LogP contribution in [0.25, 0.3) is 0 Å². The number of sulfone groups is 1. The summed E-state index contributed by atoms with van der Waals surface area (Å²) in [6, 6.07) is 0. The van der Waals surface area contributed by atoms with Crippen molar-refractivity contribution in [2.75, 3.05) is 20.0 Å². The van der Waals surface area contributed by atoms with E-state index in [1.807, 2.05) is 0 Å². The van der Waals surface area contributed by atoms with Crippen LogP contribution < -0.4 is 0 Å². The first-order valence-electron chi connectivity index (χ1n) is 5.38. The Balaban J connectivity index is 2.63. The molecule has 0 radical (unpaired) electrons. The highest BCUT2D eigenvalue weighted by Gasteiger charge is 2.47. The Hall–Kier alpha value is -1.37. The monoisotopic (exact) mass is 276 g/mol. The summed E-state index contributed by atoms with van der Waals surface area (Å²) >= 11 is 0. The smallest absolute Gasteiger partial charge is 0.331 e. The Labute approximate surface area is 106 Å². The van der Waals surface area contributed by atoms with Crippen LogP contribution in [0.15, 0.2) is 11.5 Å². The molecule has 0 amide bonds. The third kappa shape index (κ3) is 4.48. The van der Waals surface area contributed by atoms with Gasteiger partial charge in [0.15, 0.2) is 9.84 Å². The van der Waals surface area contributed by atoms with Crippen molar-refractivity contribution in [2.45, 2.75) is 19.3 Å². The van der Waals surface area contributed by atoms with E-state index in [4.69, 9.17) is 0 Å². The molecule has 0 aromatic rings. The van der Waals surface area contributed by atoms with E-state index >= 15 is 0 Å². The van der Waals surface area contributed by atoms with E-state index < -0.39 is 27.2 Å². The molecule has 0 spiro atoms. The summed E-state index contributed by atoms with van der Waals surface area (Å²) in [6.07, 6.45) is 2.30. The average molecular weight is 276 g/mol. The zero-order chi connectivity index (χ0) is 13.8. The highest BCUT2D eigenvalue weighted by atomic mass is 32.2. The molecule has 18 heavy (non-hydrogen) atoms. The molecule has 0 heterocycles. The molecule has 0 aromatic carbocycles. The van der Waals surface area contributed by atoms with Crippen LogP contribution >= 0.6 is 0 Å². The van der Waals surface area contributed by atoms with Crippen molar-refractivity contribution in [3.05, 3.63) is 11.5 Å². The van der Waals surface area contributed by atoms with Crippen LogP contribution in [0.1, 0.15) is 19.3 Å². The van der Waals surface area contributed by atoms with Crippen LogP contribution in [0.2, 0.25) is 0 Å². The second-order valence-electron chi connectivity index (χ2n) is 4.39.